The van der Waals surface area contributed by atoms with Crippen LogP contribution in [0, 0.1) is 25.2 Å². The van der Waals surface area contributed by atoms with E-state index in [1.165, 1.54) is 4.90 Å². The monoisotopic (exact) mass is 316 g/mol. The molecular formula is C17H24N4O2. The summed E-state index contributed by atoms with van der Waals surface area (Å²) in [6, 6.07) is 4.10. The Morgan fingerprint density at radius 3 is 2.83 bits per heavy atom. The van der Waals surface area contributed by atoms with Crippen LogP contribution in [0.1, 0.15) is 36.1 Å². The Labute approximate surface area is 137 Å². The lowest BCUT2D eigenvalue weighted by molar-refractivity contribution is -0.134. The number of anilines is 1. The van der Waals surface area contributed by atoms with Gasteiger partial charge in [0.2, 0.25) is 5.91 Å². The molecule has 1 saturated heterocycles. The van der Waals surface area contributed by atoms with Gasteiger partial charge >= 0.3 is 0 Å². The Hall–Kier alpha value is -2.13. The number of aryl methyl sites for hydroxylation is 2. The second-order valence-corrected chi connectivity index (χ2v) is 6.61. The number of pyridine rings is 1. The molecule has 1 aliphatic rings. The van der Waals surface area contributed by atoms with Gasteiger partial charge in [0.15, 0.2) is 0 Å². The highest BCUT2D eigenvalue weighted by atomic mass is 16.3. The summed E-state index contributed by atoms with van der Waals surface area (Å²) in [7, 11) is 3.37. The summed E-state index contributed by atoms with van der Waals surface area (Å²) < 4.78 is 0. The molecule has 0 spiro atoms. The van der Waals surface area contributed by atoms with Gasteiger partial charge in [-0.25, -0.2) is 4.98 Å². The third-order valence-corrected chi connectivity index (χ3v) is 4.27. The molecule has 124 valence electrons. The maximum absolute atomic E-state index is 12.0. The molecule has 2 heterocycles. The molecule has 1 N–H and O–H groups in total. The number of rotatable bonds is 3. The van der Waals surface area contributed by atoms with Crippen LogP contribution in [0.2, 0.25) is 0 Å². The fourth-order valence-corrected chi connectivity index (χ4v) is 3.06. The van der Waals surface area contributed by atoms with E-state index in [-0.39, 0.29) is 12.3 Å². The minimum Gasteiger partial charge on any atom is -0.388 e. The Morgan fingerprint density at radius 1 is 1.52 bits per heavy atom. The van der Waals surface area contributed by atoms with Gasteiger partial charge in [0.1, 0.15) is 11.9 Å². The second-order valence-electron chi connectivity index (χ2n) is 6.61. The van der Waals surface area contributed by atoms with Gasteiger partial charge in [0.25, 0.3) is 0 Å². The minimum absolute atomic E-state index is 0.0865. The van der Waals surface area contributed by atoms with Gasteiger partial charge in [0.05, 0.1) is 17.6 Å². The van der Waals surface area contributed by atoms with Gasteiger partial charge < -0.3 is 14.9 Å². The van der Waals surface area contributed by atoms with E-state index >= 15 is 0 Å². The van der Waals surface area contributed by atoms with E-state index in [0.29, 0.717) is 24.3 Å². The van der Waals surface area contributed by atoms with Crippen LogP contribution in [-0.2, 0) is 4.79 Å². The fourth-order valence-electron chi connectivity index (χ4n) is 3.06. The van der Waals surface area contributed by atoms with Crippen molar-refractivity contribution in [1.82, 2.24) is 9.88 Å². The Bertz CT molecular complexity index is 651. The first-order valence-electron chi connectivity index (χ1n) is 7.81. The van der Waals surface area contributed by atoms with Crippen molar-refractivity contribution in [3.05, 3.63) is 22.9 Å². The van der Waals surface area contributed by atoms with Gasteiger partial charge in [0, 0.05) is 32.9 Å². The van der Waals surface area contributed by atoms with Crippen molar-refractivity contribution in [2.45, 2.75) is 38.7 Å². The number of hydrogen-bond donors (Lipinski definition) is 1. The van der Waals surface area contributed by atoms with E-state index in [1.54, 1.807) is 14.1 Å². The normalized spacial score (nSPS) is 21.0. The number of aliphatic hydroxyl groups is 1. The lowest BCUT2D eigenvalue weighted by Gasteiger charge is -2.40. The highest BCUT2D eigenvalue weighted by Gasteiger charge is 2.37. The van der Waals surface area contributed by atoms with Gasteiger partial charge in [-0.3, -0.25) is 4.79 Å². The number of β-amino-alcohol motifs (C(OH)–C–C–N with tert-alkyl or cyclic N) is 1. The molecule has 1 aromatic rings. The maximum Gasteiger partial charge on any atom is 0.225 e. The quantitative estimate of drug-likeness (QED) is 0.911. The number of carbonyl (C=O) groups excluding carboxylic acids is 1. The summed E-state index contributed by atoms with van der Waals surface area (Å²) in [6.07, 6.45) is 1.43. The van der Waals surface area contributed by atoms with Gasteiger partial charge in [-0.2, -0.15) is 5.26 Å². The Kier molecular flexibility index (Phi) is 4.90. The molecule has 1 amide bonds. The number of nitriles is 1. The predicted molar refractivity (Wildman–Crippen MR) is 88.1 cm³/mol. The largest absolute Gasteiger partial charge is 0.388 e. The molecule has 6 heteroatoms. The van der Waals surface area contributed by atoms with Gasteiger partial charge in [-0.15, -0.1) is 0 Å². The minimum atomic E-state index is -1.08. The fraction of sp³-hybridized carbons (Fsp3) is 0.588. The van der Waals surface area contributed by atoms with Crippen molar-refractivity contribution >= 4 is 11.7 Å². The average Bonchev–Trinajstić information content (AvgIpc) is 2.46. The molecule has 0 bridgehead atoms. The third kappa shape index (κ3) is 3.80. The van der Waals surface area contributed by atoms with E-state index in [1.807, 2.05) is 24.8 Å². The van der Waals surface area contributed by atoms with Crippen LogP contribution in [0.15, 0.2) is 6.07 Å². The number of amides is 1. The molecule has 23 heavy (non-hydrogen) atoms. The summed E-state index contributed by atoms with van der Waals surface area (Å²) in [5.74, 6) is 0.517. The molecule has 6 nitrogen and oxygen atoms in total. The molecule has 2 rings (SSSR count). The molecule has 1 unspecified atom stereocenters. The van der Waals surface area contributed by atoms with Gasteiger partial charge in [-0.1, -0.05) is 0 Å². The average molecular weight is 316 g/mol. The molecule has 1 aromatic heterocycles. The molecule has 0 aromatic carbocycles. The van der Waals surface area contributed by atoms with Gasteiger partial charge in [-0.05, 0) is 38.3 Å². The zero-order valence-electron chi connectivity index (χ0n) is 14.3. The van der Waals surface area contributed by atoms with Crippen LogP contribution < -0.4 is 4.90 Å². The summed E-state index contributed by atoms with van der Waals surface area (Å²) in [5, 5.41) is 20.3. The van der Waals surface area contributed by atoms with Crippen LogP contribution in [0.3, 0.4) is 0 Å². The number of hydrogen-bond acceptors (Lipinski definition) is 5. The SMILES string of the molecule is Cc1cc(C)c(C#N)c(N2CCCC(O)(CC(=O)N(C)C)C2)n1. The zero-order valence-corrected chi connectivity index (χ0v) is 14.3. The lowest BCUT2D eigenvalue weighted by Crippen LogP contribution is -2.51. The maximum atomic E-state index is 12.0. The molecule has 1 atom stereocenters. The molecule has 0 aliphatic carbocycles. The number of aromatic nitrogens is 1. The van der Waals surface area contributed by atoms with Crippen molar-refractivity contribution in [2.24, 2.45) is 0 Å². The summed E-state index contributed by atoms with van der Waals surface area (Å²) in [5.41, 5.74) is 1.19. The number of carbonyl (C=O) groups is 1. The standard InChI is InChI=1S/C17H24N4O2/c1-12-8-13(2)19-16(14(12)10-18)21-7-5-6-17(23,11-21)9-15(22)20(3)4/h8,23H,5-7,9,11H2,1-4H3. The smallest absolute Gasteiger partial charge is 0.225 e. The first kappa shape index (κ1) is 17.2. The highest BCUT2D eigenvalue weighted by molar-refractivity contribution is 5.77. The summed E-state index contributed by atoms with van der Waals surface area (Å²) in [4.78, 5) is 19.9. The van der Waals surface area contributed by atoms with Crippen molar-refractivity contribution in [2.75, 3.05) is 32.1 Å². The van der Waals surface area contributed by atoms with Crippen molar-refractivity contribution in [1.29, 1.82) is 5.26 Å². The second kappa shape index (κ2) is 6.55. The Balaban J connectivity index is 2.29. The van der Waals surface area contributed by atoms with Crippen molar-refractivity contribution in [3.8, 4) is 6.07 Å². The van der Waals surface area contributed by atoms with E-state index in [0.717, 1.165) is 24.2 Å². The molecule has 0 radical (unpaired) electrons. The van der Waals surface area contributed by atoms with E-state index in [2.05, 4.69) is 11.1 Å². The summed E-state index contributed by atoms with van der Waals surface area (Å²) in [6.45, 7) is 4.83. The Morgan fingerprint density at radius 2 is 2.22 bits per heavy atom. The predicted octanol–water partition coefficient (Wildman–Crippen LogP) is 1.38. The van der Waals surface area contributed by atoms with Crippen LogP contribution in [0.5, 0.6) is 0 Å². The van der Waals surface area contributed by atoms with Crippen LogP contribution in [-0.4, -0.2) is 53.7 Å². The van der Waals surface area contributed by atoms with E-state index in [9.17, 15) is 15.2 Å². The first-order chi connectivity index (χ1) is 10.8. The topological polar surface area (TPSA) is 80.5 Å². The zero-order chi connectivity index (χ0) is 17.2. The third-order valence-electron chi connectivity index (χ3n) is 4.27. The number of nitrogens with zero attached hydrogens (tertiary/aromatic N) is 4. The number of piperidine rings is 1. The van der Waals surface area contributed by atoms with Crippen molar-refractivity contribution < 1.29 is 9.90 Å². The molecular weight excluding hydrogens is 292 g/mol. The first-order valence-corrected chi connectivity index (χ1v) is 7.81. The molecule has 1 fully saturated rings. The van der Waals surface area contributed by atoms with E-state index in [4.69, 9.17) is 0 Å². The lowest BCUT2D eigenvalue weighted by atomic mass is 9.88. The molecule has 1 aliphatic heterocycles. The van der Waals surface area contributed by atoms with Crippen LogP contribution in [0.4, 0.5) is 5.82 Å². The van der Waals surface area contributed by atoms with Crippen LogP contribution >= 0.6 is 0 Å². The van der Waals surface area contributed by atoms with Crippen LogP contribution in [0.25, 0.3) is 0 Å². The summed E-state index contributed by atoms with van der Waals surface area (Å²) >= 11 is 0. The van der Waals surface area contributed by atoms with Crippen molar-refractivity contribution in [3.63, 3.8) is 0 Å². The highest BCUT2D eigenvalue weighted by Crippen LogP contribution is 2.30. The van der Waals surface area contributed by atoms with E-state index < -0.39 is 5.60 Å². The molecule has 0 saturated carbocycles.